The number of alkyl halides is 2. The van der Waals surface area contributed by atoms with E-state index in [-0.39, 0.29) is 24.1 Å². The van der Waals surface area contributed by atoms with Crippen LogP contribution in [0.4, 0.5) is 14.6 Å². The van der Waals surface area contributed by atoms with Gasteiger partial charge in [-0.15, -0.1) is 0 Å². The Hall–Kier alpha value is -3.07. The Balaban J connectivity index is 1.63. The summed E-state index contributed by atoms with van der Waals surface area (Å²) in [4.78, 5) is 21.6. The number of carbonyl (C=O) groups excluding carboxylic acids is 1. The van der Waals surface area contributed by atoms with Crippen LogP contribution >= 0.6 is 0 Å². The van der Waals surface area contributed by atoms with E-state index in [1.54, 1.807) is 16.7 Å². The number of ether oxygens (including phenoxy) is 1. The Kier molecular flexibility index (Phi) is 6.88. The number of fused-ring (bicyclic) bond motifs is 1. The zero-order valence-electron chi connectivity index (χ0n) is 18.7. The van der Waals surface area contributed by atoms with E-state index in [1.807, 2.05) is 20.0 Å². The van der Waals surface area contributed by atoms with Gasteiger partial charge in [0.25, 0.3) is 12.3 Å². The van der Waals surface area contributed by atoms with E-state index >= 15 is 0 Å². The number of halogens is 2. The summed E-state index contributed by atoms with van der Waals surface area (Å²) in [6, 6.07) is 5.82. The fourth-order valence-corrected chi connectivity index (χ4v) is 4.22. The summed E-state index contributed by atoms with van der Waals surface area (Å²) in [6.07, 6.45) is 4.52. The summed E-state index contributed by atoms with van der Waals surface area (Å²) < 4.78 is 33.6. The predicted molar refractivity (Wildman–Crippen MR) is 120 cm³/mol. The molecule has 0 atom stereocenters. The van der Waals surface area contributed by atoms with E-state index in [0.717, 1.165) is 31.4 Å². The average Bonchev–Trinajstić information content (AvgIpc) is 3.21. The minimum absolute atomic E-state index is 0.0420. The van der Waals surface area contributed by atoms with Crippen LogP contribution in [0.25, 0.3) is 5.65 Å². The minimum Gasteiger partial charge on any atom is -0.490 e. The third kappa shape index (κ3) is 5.30. The van der Waals surface area contributed by atoms with E-state index < -0.39 is 18.0 Å². The molecule has 0 radical (unpaired) electrons. The highest BCUT2D eigenvalue weighted by Gasteiger charge is 2.25. The van der Waals surface area contributed by atoms with E-state index in [4.69, 9.17) is 9.72 Å². The van der Waals surface area contributed by atoms with Crippen molar-refractivity contribution in [3.05, 3.63) is 53.6 Å². The normalized spacial score (nSPS) is 18.8. The molecule has 1 fully saturated rings. The van der Waals surface area contributed by atoms with Gasteiger partial charge in [0.15, 0.2) is 0 Å². The molecule has 4 rings (SSSR count). The van der Waals surface area contributed by atoms with Crippen molar-refractivity contribution in [1.29, 1.82) is 0 Å². The summed E-state index contributed by atoms with van der Waals surface area (Å²) >= 11 is 0. The van der Waals surface area contributed by atoms with Crippen LogP contribution in [-0.2, 0) is 0 Å². The molecule has 0 saturated heterocycles. The molecule has 0 aliphatic heterocycles. The number of rotatable bonds is 7. The summed E-state index contributed by atoms with van der Waals surface area (Å²) in [5.74, 6) is 0.559. The highest BCUT2D eigenvalue weighted by atomic mass is 19.3. The summed E-state index contributed by atoms with van der Waals surface area (Å²) in [5.41, 5.74) is 1.47. The summed E-state index contributed by atoms with van der Waals surface area (Å²) in [7, 11) is 0. The summed E-state index contributed by atoms with van der Waals surface area (Å²) in [6.45, 7) is 3.94. The number of carbonyl (C=O) groups is 1. The van der Waals surface area contributed by atoms with Crippen molar-refractivity contribution in [3.63, 3.8) is 0 Å². The smallest absolute Gasteiger partial charge is 0.280 e. The van der Waals surface area contributed by atoms with Crippen molar-refractivity contribution in [2.45, 2.75) is 58.0 Å². The van der Waals surface area contributed by atoms with E-state index in [9.17, 15) is 18.7 Å². The van der Waals surface area contributed by atoms with Crippen LogP contribution in [0.5, 0.6) is 5.75 Å². The Morgan fingerprint density at radius 3 is 2.64 bits per heavy atom. The fourth-order valence-electron chi connectivity index (χ4n) is 4.22. The molecule has 0 spiro atoms. The van der Waals surface area contributed by atoms with Gasteiger partial charge in [-0.3, -0.25) is 4.79 Å². The van der Waals surface area contributed by atoms with Crippen LogP contribution in [-0.4, -0.2) is 38.1 Å². The van der Waals surface area contributed by atoms with Crippen molar-refractivity contribution in [1.82, 2.24) is 14.4 Å². The van der Waals surface area contributed by atoms with Crippen molar-refractivity contribution in [2.75, 3.05) is 11.9 Å². The molecule has 1 saturated carbocycles. The van der Waals surface area contributed by atoms with Crippen LogP contribution < -0.4 is 10.1 Å². The zero-order chi connectivity index (χ0) is 23.5. The minimum atomic E-state index is -2.73. The molecule has 0 unspecified atom stereocenters. The van der Waals surface area contributed by atoms with Gasteiger partial charge in [0, 0.05) is 31.0 Å². The molecule has 9 heteroatoms. The first kappa shape index (κ1) is 23.1. The number of amides is 1. The number of aromatic nitrogens is 3. The molecule has 3 aromatic heterocycles. The fraction of sp³-hybridized carbons (Fsp3) is 0.458. The topological polar surface area (TPSA) is 88.8 Å². The Bertz CT molecular complexity index is 1120. The Morgan fingerprint density at radius 1 is 1.21 bits per heavy atom. The van der Waals surface area contributed by atoms with Gasteiger partial charge >= 0.3 is 0 Å². The van der Waals surface area contributed by atoms with Gasteiger partial charge in [0.2, 0.25) is 0 Å². The second-order valence-corrected chi connectivity index (χ2v) is 8.75. The maximum atomic E-state index is 13.0. The number of hydrogen-bond acceptors (Lipinski definition) is 5. The largest absolute Gasteiger partial charge is 0.490 e. The molecule has 176 valence electrons. The maximum absolute atomic E-state index is 13.0. The molecule has 7 nitrogen and oxygen atoms in total. The lowest BCUT2D eigenvalue weighted by molar-refractivity contribution is 0.101. The SMILES string of the molecule is CC(C)Oc1cc2nc([C@H]3CC[C@H](CO)CC3)cn2cc1C(=O)Nc1cccc(C(F)F)n1. The highest BCUT2D eigenvalue weighted by molar-refractivity contribution is 6.05. The molecule has 1 aliphatic carbocycles. The molecule has 0 aromatic carbocycles. The third-order valence-electron chi connectivity index (χ3n) is 5.94. The van der Waals surface area contributed by atoms with Crippen LogP contribution in [0.15, 0.2) is 36.7 Å². The Morgan fingerprint density at radius 2 is 1.97 bits per heavy atom. The lowest BCUT2D eigenvalue weighted by Gasteiger charge is -2.25. The molecule has 2 N–H and O–H groups in total. The number of hydrogen-bond donors (Lipinski definition) is 2. The van der Waals surface area contributed by atoms with Gasteiger partial charge in [-0.25, -0.2) is 18.7 Å². The molecule has 1 aliphatic rings. The predicted octanol–water partition coefficient (Wildman–Crippen LogP) is 4.97. The van der Waals surface area contributed by atoms with Crippen LogP contribution in [0.3, 0.4) is 0 Å². The lowest BCUT2D eigenvalue weighted by Crippen LogP contribution is -2.17. The van der Waals surface area contributed by atoms with Gasteiger partial charge < -0.3 is 19.6 Å². The van der Waals surface area contributed by atoms with E-state index in [0.29, 0.717) is 23.2 Å². The van der Waals surface area contributed by atoms with E-state index in [2.05, 4.69) is 10.3 Å². The standard InChI is InChI=1S/C24H28F2N4O3/c1-14(2)33-20-10-22-28-19(16-8-6-15(13-31)7-9-16)12-30(22)11-17(20)24(32)29-21-5-3-4-18(27-21)23(25)26/h3-5,10-12,14-16,23,31H,6-9,13H2,1-2H3,(H,27,29,32)/t15-,16-. The van der Waals surface area contributed by atoms with Gasteiger partial charge in [-0.2, -0.15) is 0 Å². The van der Waals surface area contributed by atoms with Crippen molar-refractivity contribution < 1.29 is 23.4 Å². The lowest BCUT2D eigenvalue weighted by atomic mass is 9.81. The van der Waals surface area contributed by atoms with Crippen molar-refractivity contribution in [3.8, 4) is 5.75 Å². The van der Waals surface area contributed by atoms with Crippen molar-refractivity contribution >= 4 is 17.4 Å². The number of aliphatic hydroxyl groups is 1. The quantitative estimate of drug-likeness (QED) is 0.522. The zero-order valence-corrected chi connectivity index (χ0v) is 18.7. The van der Waals surface area contributed by atoms with Gasteiger partial charge in [0.1, 0.15) is 22.9 Å². The maximum Gasteiger partial charge on any atom is 0.280 e. The van der Waals surface area contributed by atoms with E-state index in [1.165, 1.54) is 18.2 Å². The van der Waals surface area contributed by atoms with Crippen LogP contribution in [0.2, 0.25) is 0 Å². The van der Waals surface area contributed by atoms with Crippen LogP contribution in [0.1, 0.15) is 73.6 Å². The number of imidazole rings is 1. The molecular formula is C24H28F2N4O3. The summed E-state index contributed by atoms with van der Waals surface area (Å²) in [5, 5.41) is 12.0. The average molecular weight is 459 g/mol. The number of nitrogens with zero attached hydrogens (tertiary/aromatic N) is 3. The number of anilines is 1. The second-order valence-electron chi connectivity index (χ2n) is 8.75. The first-order valence-electron chi connectivity index (χ1n) is 11.2. The number of pyridine rings is 2. The molecule has 33 heavy (non-hydrogen) atoms. The highest BCUT2D eigenvalue weighted by Crippen LogP contribution is 2.35. The molecule has 3 heterocycles. The molecular weight excluding hydrogens is 430 g/mol. The molecule has 0 bridgehead atoms. The number of nitrogens with one attached hydrogen (secondary N) is 1. The molecule has 3 aromatic rings. The first-order chi connectivity index (χ1) is 15.8. The second kappa shape index (κ2) is 9.82. The van der Waals surface area contributed by atoms with Gasteiger partial charge in [-0.05, 0) is 57.6 Å². The van der Waals surface area contributed by atoms with Gasteiger partial charge in [-0.1, -0.05) is 6.07 Å². The van der Waals surface area contributed by atoms with Gasteiger partial charge in [0.05, 0.1) is 17.4 Å². The third-order valence-corrected chi connectivity index (χ3v) is 5.94. The molecule has 1 amide bonds. The first-order valence-corrected chi connectivity index (χ1v) is 11.2. The number of aliphatic hydroxyl groups excluding tert-OH is 1. The Labute approximate surface area is 190 Å². The monoisotopic (exact) mass is 458 g/mol. The van der Waals surface area contributed by atoms with Crippen LogP contribution in [0, 0.1) is 5.92 Å². The van der Waals surface area contributed by atoms with Crippen molar-refractivity contribution in [2.24, 2.45) is 5.92 Å².